The highest BCUT2D eigenvalue weighted by Gasteiger charge is 2.35. The van der Waals surface area contributed by atoms with Crippen LogP contribution in [0, 0.1) is 5.92 Å². The lowest BCUT2D eigenvalue weighted by atomic mass is 9.83. The Morgan fingerprint density at radius 1 is 1.32 bits per heavy atom. The standard InChI is InChI=1S/C13H24N4O2/c1-3-14-13(19)16-12(18)9(2)15-11-8-17-6-4-10(11)5-7-17/h9-11,15H,3-8H2,1-2H3,(H2,14,16,18,19). The highest BCUT2D eigenvalue weighted by molar-refractivity contribution is 5.96. The summed E-state index contributed by atoms with van der Waals surface area (Å²) in [4.78, 5) is 25.6. The van der Waals surface area contributed by atoms with Gasteiger partial charge in [-0.25, -0.2) is 4.79 Å². The Morgan fingerprint density at radius 3 is 2.53 bits per heavy atom. The molecule has 19 heavy (non-hydrogen) atoms. The monoisotopic (exact) mass is 268 g/mol. The average Bonchev–Trinajstić information content (AvgIpc) is 2.40. The van der Waals surface area contributed by atoms with Crippen molar-refractivity contribution in [2.45, 2.75) is 38.8 Å². The maximum atomic E-state index is 11.9. The molecule has 3 amide bonds. The Morgan fingerprint density at radius 2 is 2.00 bits per heavy atom. The first-order chi connectivity index (χ1) is 9.10. The second-order valence-corrected chi connectivity index (χ2v) is 5.48. The van der Waals surface area contributed by atoms with Crippen LogP contribution in [0.2, 0.25) is 0 Å². The number of amides is 3. The molecule has 0 aromatic carbocycles. The number of rotatable bonds is 4. The van der Waals surface area contributed by atoms with E-state index in [4.69, 9.17) is 0 Å². The molecule has 3 saturated heterocycles. The molecule has 0 aromatic rings. The van der Waals surface area contributed by atoms with Gasteiger partial charge in [-0.1, -0.05) is 0 Å². The summed E-state index contributed by atoms with van der Waals surface area (Å²) in [5.74, 6) is 0.409. The van der Waals surface area contributed by atoms with Gasteiger partial charge in [-0.05, 0) is 45.7 Å². The van der Waals surface area contributed by atoms with E-state index in [2.05, 4.69) is 20.9 Å². The molecule has 2 atom stereocenters. The van der Waals surface area contributed by atoms with Crippen LogP contribution in [0.4, 0.5) is 4.79 Å². The maximum absolute atomic E-state index is 11.9. The number of nitrogens with zero attached hydrogens (tertiary/aromatic N) is 1. The number of carbonyl (C=O) groups is 2. The van der Waals surface area contributed by atoms with Crippen LogP contribution < -0.4 is 16.0 Å². The van der Waals surface area contributed by atoms with Gasteiger partial charge in [0.25, 0.3) is 0 Å². The third kappa shape index (κ3) is 3.67. The Bertz CT molecular complexity index is 340. The quantitative estimate of drug-likeness (QED) is 0.666. The summed E-state index contributed by atoms with van der Waals surface area (Å²) < 4.78 is 0. The predicted molar refractivity (Wildman–Crippen MR) is 72.8 cm³/mol. The molecule has 0 aliphatic carbocycles. The third-order valence-electron chi connectivity index (χ3n) is 4.09. The smallest absolute Gasteiger partial charge is 0.321 e. The van der Waals surface area contributed by atoms with E-state index in [1.165, 1.54) is 25.9 Å². The van der Waals surface area contributed by atoms with Gasteiger partial charge in [0.2, 0.25) is 5.91 Å². The first-order valence-electron chi connectivity index (χ1n) is 7.17. The number of nitrogens with one attached hydrogen (secondary N) is 3. The van der Waals surface area contributed by atoms with Crippen molar-refractivity contribution in [2.75, 3.05) is 26.2 Å². The number of urea groups is 1. The molecule has 3 rings (SSSR count). The van der Waals surface area contributed by atoms with Crippen molar-refractivity contribution in [1.82, 2.24) is 20.9 Å². The van der Waals surface area contributed by atoms with Crippen molar-refractivity contribution < 1.29 is 9.59 Å². The van der Waals surface area contributed by atoms with Crippen molar-refractivity contribution in [3.05, 3.63) is 0 Å². The van der Waals surface area contributed by atoms with Gasteiger partial charge in [-0.3, -0.25) is 10.1 Å². The maximum Gasteiger partial charge on any atom is 0.321 e. The topological polar surface area (TPSA) is 73.5 Å². The number of hydrogen-bond acceptors (Lipinski definition) is 4. The number of imide groups is 1. The van der Waals surface area contributed by atoms with Crippen LogP contribution in [0.5, 0.6) is 0 Å². The zero-order chi connectivity index (χ0) is 13.8. The van der Waals surface area contributed by atoms with Gasteiger partial charge >= 0.3 is 6.03 Å². The van der Waals surface area contributed by atoms with Gasteiger partial charge in [0.1, 0.15) is 0 Å². The minimum Gasteiger partial charge on any atom is -0.338 e. The van der Waals surface area contributed by atoms with E-state index in [1.807, 2.05) is 13.8 Å². The molecule has 0 radical (unpaired) electrons. The van der Waals surface area contributed by atoms with E-state index in [1.54, 1.807) is 0 Å². The molecule has 2 unspecified atom stereocenters. The molecule has 0 saturated carbocycles. The molecule has 3 heterocycles. The van der Waals surface area contributed by atoms with Crippen molar-refractivity contribution in [3.8, 4) is 0 Å². The Hall–Kier alpha value is -1.14. The SMILES string of the molecule is CCNC(=O)NC(=O)C(C)NC1CN2CCC1CC2. The fourth-order valence-corrected chi connectivity index (χ4v) is 2.98. The van der Waals surface area contributed by atoms with Gasteiger partial charge in [0.15, 0.2) is 0 Å². The average molecular weight is 268 g/mol. The summed E-state index contributed by atoms with van der Waals surface area (Å²) in [5, 5.41) is 8.27. The number of hydrogen-bond donors (Lipinski definition) is 3. The van der Waals surface area contributed by atoms with E-state index in [0.717, 1.165) is 6.54 Å². The summed E-state index contributed by atoms with van der Waals surface area (Å²) in [7, 11) is 0. The summed E-state index contributed by atoms with van der Waals surface area (Å²) in [5.41, 5.74) is 0. The zero-order valence-corrected chi connectivity index (χ0v) is 11.7. The molecule has 6 heteroatoms. The van der Waals surface area contributed by atoms with Crippen molar-refractivity contribution in [2.24, 2.45) is 5.92 Å². The molecule has 108 valence electrons. The predicted octanol–water partition coefficient (Wildman–Crippen LogP) is -0.0956. The van der Waals surface area contributed by atoms with Gasteiger partial charge in [0.05, 0.1) is 6.04 Å². The molecule has 3 aliphatic rings. The molecular weight excluding hydrogens is 244 g/mol. The number of fused-ring (bicyclic) bond motifs is 3. The van der Waals surface area contributed by atoms with Crippen molar-refractivity contribution in [3.63, 3.8) is 0 Å². The molecular formula is C13H24N4O2. The molecule has 3 N–H and O–H groups in total. The fourth-order valence-electron chi connectivity index (χ4n) is 2.98. The molecule has 0 aromatic heterocycles. The van der Waals surface area contributed by atoms with Crippen LogP contribution >= 0.6 is 0 Å². The summed E-state index contributed by atoms with van der Waals surface area (Å²) in [6, 6.07) is -0.388. The molecule has 3 fully saturated rings. The second kappa shape index (κ2) is 6.34. The van der Waals surface area contributed by atoms with Gasteiger partial charge < -0.3 is 15.5 Å². The zero-order valence-electron chi connectivity index (χ0n) is 11.7. The van der Waals surface area contributed by atoms with Crippen LogP contribution in [-0.2, 0) is 4.79 Å². The van der Waals surface area contributed by atoms with Crippen LogP contribution in [0.1, 0.15) is 26.7 Å². The van der Waals surface area contributed by atoms with E-state index in [0.29, 0.717) is 18.5 Å². The highest BCUT2D eigenvalue weighted by Crippen LogP contribution is 2.27. The van der Waals surface area contributed by atoms with Crippen LogP contribution in [0.3, 0.4) is 0 Å². The normalized spacial score (nSPS) is 30.7. The largest absolute Gasteiger partial charge is 0.338 e. The third-order valence-corrected chi connectivity index (χ3v) is 4.09. The van der Waals surface area contributed by atoms with Gasteiger partial charge in [-0.2, -0.15) is 0 Å². The number of piperidine rings is 3. The number of carbonyl (C=O) groups excluding carboxylic acids is 2. The molecule has 6 nitrogen and oxygen atoms in total. The highest BCUT2D eigenvalue weighted by atomic mass is 16.2. The lowest BCUT2D eigenvalue weighted by Crippen LogP contribution is -2.60. The Labute approximate surface area is 114 Å². The van der Waals surface area contributed by atoms with Crippen molar-refractivity contribution >= 4 is 11.9 Å². The second-order valence-electron chi connectivity index (χ2n) is 5.48. The minimum atomic E-state index is -0.421. The lowest BCUT2D eigenvalue weighted by molar-refractivity contribution is -0.122. The van der Waals surface area contributed by atoms with Crippen LogP contribution in [-0.4, -0.2) is 55.1 Å². The summed E-state index contributed by atoms with van der Waals surface area (Å²) >= 11 is 0. The molecule has 0 spiro atoms. The fraction of sp³-hybridized carbons (Fsp3) is 0.846. The Balaban J connectivity index is 1.78. The minimum absolute atomic E-state index is 0.262. The lowest BCUT2D eigenvalue weighted by Gasteiger charge is -2.45. The molecule has 3 aliphatic heterocycles. The van der Waals surface area contributed by atoms with Crippen LogP contribution in [0.25, 0.3) is 0 Å². The van der Waals surface area contributed by atoms with E-state index in [-0.39, 0.29) is 11.9 Å². The van der Waals surface area contributed by atoms with E-state index >= 15 is 0 Å². The van der Waals surface area contributed by atoms with Crippen molar-refractivity contribution in [1.29, 1.82) is 0 Å². The van der Waals surface area contributed by atoms with Crippen LogP contribution in [0.15, 0.2) is 0 Å². The van der Waals surface area contributed by atoms with Gasteiger partial charge in [-0.15, -0.1) is 0 Å². The summed E-state index contributed by atoms with van der Waals surface area (Å²) in [6.45, 7) is 7.53. The van der Waals surface area contributed by atoms with Gasteiger partial charge in [0, 0.05) is 19.1 Å². The Kier molecular flexibility index (Phi) is 4.76. The summed E-state index contributed by atoms with van der Waals surface area (Å²) in [6.07, 6.45) is 2.42. The van der Waals surface area contributed by atoms with E-state index in [9.17, 15) is 9.59 Å². The molecule has 2 bridgehead atoms. The first kappa shape index (κ1) is 14.3. The van der Waals surface area contributed by atoms with E-state index < -0.39 is 6.03 Å². The first-order valence-corrected chi connectivity index (χ1v) is 7.17.